The second-order valence-electron chi connectivity index (χ2n) is 4.71. The number of ether oxygens (including phenoxy) is 1. The highest BCUT2D eigenvalue weighted by Crippen LogP contribution is 2.34. The average Bonchev–Trinajstić information content (AvgIpc) is 2.75. The van der Waals surface area contributed by atoms with E-state index in [1.807, 2.05) is 24.3 Å². The van der Waals surface area contributed by atoms with Gasteiger partial charge >= 0.3 is 5.97 Å². The van der Waals surface area contributed by atoms with E-state index in [0.717, 1.165) is 11.1 Å². The van der Waals surface area contributed by atoms with Crippen LogP contribution in [0.2, 0.25) is 0 Å². The number of fused-ring (bicyclic) bond motifs is 1. The number of nitrogens with two attached hydrogens (primary N) is 1. The maximum Gasteiger partial charge on any atom is 0.339 e. The fourth-order valence-corrected chi connectivity index (χ4v) is 2.45. The van der Waals surface area contributed by atoms with Crippen molar-refractivity contribution in [2.24, 2.45) is 0 Å². The number of carbonyl (C=O) groups excluding carboxylic acids is 1. The van der Waals surface area contributed by atoms with Crippen LogP contribution in [-0.2, 0) is 11.2 Å². The van der Waals surface area contributed by atoms with Crippen LogP contribution in [0.5, 0.6) is 0 Å². The van der Waals surface area contributed by atoms with E-state index in [9.17, 15) is 4.79 Å². The molecule has 4 nitrogen and oxygen atoms in total. The van der Waals surface area contributed by atoms with E-state index in [2.05, 4.69) is 6.07 Å². The highest BCUT2D eigenvalue weighted by atomic mass is 16.5. The van der Waals surface area contributed by atoms with Crippen molar-refractivity contribution in [3.05, 3.63) is 64.7 Å². The molecule has 0 aliphatic carbocycles. The Balaban J connectivity index is 1.95. The van der Waals surface area contributed by atoms with Gasteiger partial charge in [0.25, 0.3) is 0 Å². The van der Waals surface area contributed by atoms with Crippen molar-refractivity contribution in [3.63, 3.8) is 0 Å². The highest BCUT2D eigenvalue weighted by molar-refractivity contribution is 5.95. The zero-order chi connectivity index (χ0) is 14.1. The topological polar surface area (TPSA) is 76.1 Å². The van der Waals surface area contributed by atoms with Crippen LogP contribution >= 0.6 is 0 Å². The Morgan fingerprint density at radius 3 is 2.85 bits per heavy atom. The fraction of sp³-hybridized carbons (Fsp3) is 0.125. The molecule has 2 N–H and O–H groups in total. The maximum atomic E-state index is 11.8. The number of cyclic esters (lactones) is 1. The summed E-state index contributed by atoms with van der Waals surface area (Å²) in [7, 11) is 0. The normalized spacial score (nSPS) is 16.4. The van der Waals surface area contributed by atoms with Crippen molar-refractivity contribution in [1.82, 2.24) is 0 Å². The van der Waals surface area contributed by atoms with Gasteiger partial charge in [-0.1, -0.05) is 24.3 Å². The maximum absolute atomic E-state index is 11.8. The lowest BCUT2D eigenvalue weighted by Gasteiger charge is -2.11. The van der Waals surface area contributed by atoms with E-state index < -0.39 is 0 Å². The monoisotopic (exact) mass is 264 g/mol. The minimum atomic E-state index is -0.355. The number of esters is 1. The van der Waals surface area contributed by atoms with Gasteiger partial charge in [0.2, 0.25) is 0 Å². The minimum Gasteiger partial charge on any atom is -0.454 e. The van der Waals surface area contributed by atoms with Gasteiger partial charge in [0.15, 0.2) is 0 Å². The van der Waals surface area contributed by atoms with Gasteiger partial charge in [-0.2, -0.15) is 5.26 Å². The highest BCUT2D eigenvalue weighted by Gasteiger charge is 2.31. The molecule has 1 aliphatic heterocycles. The summed E-state index contributed by atoms with van der Waals surface area (Å²) in [4.78, 5) is 11.8. The van der Waals surface area contributed by atoms with Crippen LogP contribution in [0.4, 0.5) is 5.69 Å². The van der Waals surface area contributed by atoms with Crippen molar-refractivity contribution < 1.29 is 9.53 Å². The molecule has 0 bridgehead atoms. The van der Waals surface area contributed by atoms with Crippen LogP contribution in [0, 0.1) is 11.3 Å². The number of benzene rings is 2. The largest absolute Gasteiger partial charge is 0.454 e. The number of hydrogen-bond acceptors (Lipinski definition) is 4. The van der Waals surface area contributed by atoms with Gasteiger partial charge in [-0.15, -0.1) is 0 Å². The lowest BCUT2D eigenvalue weighted by Crippen LogP contribution is -2.04. The minimum absolute atomic E-state index is 0.354. The van der Waals surface area contributed by atoms with Crippen molar-refractivity contribution in [1.29, 1.82) is 5.26 Å². The zero-order valence-corrected chi connectivity index (χ0v) is 10.7. The molecule has 98 valence electrons. The second kappa shape index (κ2) is 4.71. The fourth-order valence-electron chi connectivity index (χ4n) is 2.45. The van der Waals surface area contributed by atoms with Gasteiger partial charge in [0, 0.05) is 17.7 Å². The number of nitriles is 1. The van der Waals surface area contributed by atoms with Gasteiger partial charge in [-0.05, 0) is 23.8 Å². The first-order valence-corrected chi connectivity index (χ1v) is 6.27. The van der Waals surface area contributed by atoms with E-state index in [0.29, 0.717) is 23.2 Å². The van der Waals surface area contributed by atoms with Crippen molar-refractivity contribution in [2.45, 2.75) is 12.5 Å². The molecule has 0 fully saturated rings. The molecule has 3 rings (SSSR count). The number of carbonyl (C=O) groups is 1. The average molecular weight is 264 g/mol. The number of nitrogen functional groups attached to an aromatic ring is 1. The van der Waals surface area contributed by atoms with Gasteiger partial charge < -0.3 is 10.5 Å². The molecule has 0 aromatic heterocycles. The zero-order valence-electron chi connectivity index (χ0n) is 10.7. The summed E-state index contributed by atoms with van der Waals surface area (Å²) in [5.41, 5.74) is 9.05. The van der Waals surface area contributed by atoms with Crippen LogP contribution < -0.4 is 5.73 Å². The SMILES string of the molecule is N#Cc1ccccc1CC1OC(=O)c2cc(N)ccc21. The van der Waals surface area contributed by atoms with Crippen LogP contribution in [0.25, 0.3) is 0 Å². The summed E-state index contributed by atoms with van der Waals surface area (Å²) in [6.45, 7) is 0. The summed E-state index contributed by atoms with van der Waals surface area (Å²) < 4.78 is 5.39. The molecule has 0 saturated carbocycles. The quantitative estimate of drug-likeness (QED) is 0.668. The lowest BCUT2D eigenvalue weighted by atomic mass is 9.96. The van der Waals surface area contributed by atoms with E-state index in [-0.39, 0.29) is 12.1 Å². The van der Waals surface area contributed by atoms with Crippen LogP contribution in [0.15, 0.2) is 42.5 Å². The van der Waals surface area contributed by atoms with Crippen LogP contribution in [-0.4, -0.2) is 5.97 Å². The first kappa shape index (κ1) is 12.2. The first-order chi connectivity index (χ1) is 9.69. The standard InChI is InChI=1S/C16H12N2O2/c17-9-11-4-2-1-3-10(11)7-15-13-6-5-12(18)8-14(13)16(19)20-15/h1-6,8,15H,7,18H2. The number of nitrogens with zero attached hydrogens (tertiary/aromatic N) is 1. The first-order valence-electron chi connectivity index (χ1n) is 6.27. The van der Waals surface area contributed by atoms with E-state index in [4.69, 9.17) is 15.7 Å². The lowest BCUT2D eigenvalue weighted by molar-refractivity contribution is 0.0387. The number of anilines is 1. The Morgan fingerprint density at radius 1 is 1.25 bits per heavy atom. The van der Waals surface area contributed by atoms with Crippen molar-refractivity contribution >= 4 is 11.7 Å². The molecule has 0 spiro atoms. The summed E-state index contributed by atoms with van der Waals surface area (Å²) in [6.07, 6.45) is 0.138. The smallest absolute Gasteiger partial charge is 0.339 e. The van der Waals surface area contributed by atoms with Gasteiger partial charge in [-0.25, -0.2) is 4.79 Å². The molecule has 0 saturated heterocycles. The molecule has 1 aliphatic rings. The molecule has 0 amide bonds. The molecule has 0 radical (unpaired) electrons. The third-order valence-electron chi connectivity index (χ3n) is 3.44. The number of hydrogen-bond donors (Lipinski definition) is 1. The third kappa shape index (κ3) is 1.99. The third-order valence-corrected chi connectivity index (χ3v) is 3.44. The number of rotatable bonds is 2. The predicted molar refractivity (Wildman–Crippen MR) is 73.9 cm³/mol. The van der Waals surface area contributed by atoms with E-state index >= 15 is 0 Å². The Hall–Kier alpha value is -2.80. The molecular weight excluding hydrogens is 252 g/mol. The Morgan fingerprint density at radius 2 is 2.05 bits per heavy atom. The van der Waals surface area contributed by atoms with Crippen LogP contribution in [0.3, 0.4) is 0 Å². The Kier molecular flexibility index (Phi) is 2.88. The molecule has 1 atom stereocenters. The molecule has 2 aromatic carbocycles. The van der Waals surface area contributed by atoms with Crippen molar-refractivity contribution in [2.75, 3.05) is 5.73 Å². The van der Waals surface area contributed by atoms with E-state index in [1.54, 1.807) is 18.2 Å². The van der Waals surface area contributed by atoms with Gasteiger partial charge in [0.05, 0.1) is 17.2 Å². The van der Waals surface area contributed by atoms with E-state index in [1.165, 1.54) is 0 Å². The van der Waals surface area contributed by atoms with Crippen LogP contribution in [0.1, 0.15) is 33.2 Å². The van der Waals surface area contributed by atoms with Gasteiger partial charge in [0.1, 0.15) is 6.10 Å². The molecular formula is C16H12N2O2. The summed E-state index contributed by atoms with van der Waals surface area (Å²) >= 11 is 0. The molecule has 2 aromatic rings. The molecule has 1 heterocycles. The summed E-state index contributed by atoms with van der Waals surface area (Å²) in [5.74, 6) is -0.355. The summed E-state index contributed by atoms with van der Waals surface area (Å²) in [5, 5.41) is 9.10. The summed E-state index contributed by atoms with van der Waals surface area (Å²) in [6, 6.07) is 14.7. The second-order valence-corrected chi connectivity index (χ2v) is 4.71. The molecule has 1 unspecified atom stereocenters. The van der Waals surface area contributed by atoms with Gasteiger partial charge in [-0.3, -0.25) is 0 Å². The molecule has 4 heteroatoms. The Bertz CT molecular complexity index is 731. The van der Waals surface area contributed by atoms with Crippen molar-refractivity contribution in [3.8, 4) is 6.07 Å². The molecule has 20 heavy (non-hydrogen) atoms. The Labute approximate surface area is 116 Å². The predicted octanol–water partition coefficient (Wildman–Crippen LogP) is 2.59.